The third-order valence-corrected chi connectivity index (χ3v) is 8.57. The number of pyridine rings is 1. The summed E-state index contributed by atoms with van der Waals surface area (Å²) in [4.78, 5) is 10.1. The predicted molar refractivity (Wildman–Crippen MR) is 175 cm³/mol. The minimum Gasteiger partial charge on any atom is -0.296 e. The number of rotatable bonds is 3. The number of nitrogens with zero attached hydrogens (tertiary/aromatic N) is 4. The molecule has 0 aliphatic heterocycles. The van der Waals surface area contributed by atoms with Gasteiger partial charge in [-0.3, -0.25) is 8.97 Å². The van der Waals surface area contributed by atoms with Crippen molar-refractivity contribution in [1.82, 2.24) is 18.9 Å². The maximum absolute atomic E-state index is 5.08. The average Bonchev–Trinajstić information content (AvgIpc) is 3.65. The maximum atomic E-state index is 5.08. The van der Waals surface area contributed by atoms with E-state index in [4.69, 9.17) is 9.97 Å². The van der Waals surface area contributed by atoms with Crippen LogP contribution in [-0.4, -0.2) is 18.9 Å². The molecule has 0 saturated carbocycles. The predicted octanol–water partition coefficient (Wildman–Crippen LogP) is 9.67. The van der Waals surface area contributed by atoms with Crippen LogP contribution in [0.1, 0.15) is 12.8 Å². The topological polar surface area (TPSA) is 35.1 Å². The summed E-state index contributed by atoms with van der Waals surface area (Å²) in [5.41, 5.74) is 11.2. The van der Waals surface area contributed by atoms with Crippen LogP contribution in [0.4, 0.5) is 0 Å². The van der Waals surface area contributed by atoms with E-state index in [1.807, 2.05) is 0 Å². The van der Waals surface area contributed by atoms with Crippen molar-refractivity contribution < 1.29 is 0 Å². The summed E-state index contributed by atoms with van der Waals surface area (Å²) in [5, 5.41) is 3.62. The lowest BCUT2D eigenvalue weighted by Crippen LogP contribution is -2.01. The molecule has 1 aliphatic rings. The van der Waals surface area contributed by atoms with E-state index in [-0.39, 0.29) is 0 Å². The molecule has 4 heteroatoms. The summed E-state index contributed by atoms with van der Waals surface area (Å²) in [7, 11) is 0. The summed E-state index contributed by atoms with van der Waals surface area (Å²) in [5.74, 6) is 0.987. The van der Waals surface area contributed by atoms with Crippen molar-refractivity contribution in [2.24, 2.45) is 0 Å². The zero-order valence-corrected chi connectivity index (χ0v) is 22.9. The van der Waals surface area contributed by atoms with Crippen LogP contribution >= 0.6 is 0 Å². The zero-order chi connectivity index (χ0) is 27.6. The molecule has 0 spiro atoms. The highest BCUT2D eigenvalue weighted by Crippen LogP contribution is 2.36. The summed E-state index contributed by atoms with van der Waals surface area (Å²) in [6, 6.07) is 41.1. The van der Waals surface area contributed by atoms with Crippen molar-refractivity contribution in [3.63, 3.8) is 0 Å². The van der Waals surface area contributed by atoms with Gasteiger partial charge in [0.25, 0.3) is 0 Å². The Morgan fingerprint density at radius 1 is 0.548 bits per heavy atom. The molecule has 8 aromatic rings. The fourth-order valence-corrected chi connectivity index (χ4v) is 6.59. The number of hydrogen-bond donors (Lipinski definition) is 0. The molecule has 3 aromatic heterocycles. The van der Waals surface area contributed by atoms with Crippen molar-refractivity contribution in [1.29, 1.82) is 0 Å². The first kappa shape index (κ1) is 23.2. The summed E-state index contributed by atoms with van der Waals surface area (Å²) >= 11 is 0. The van der Waals surface area contributed by atoms with Crippen LogP contribution in [0, 0.1) is 0 Å². The van der Waals surface area contributed by atoms with E-state index >= 15 is 0 Å². The Hall–Kier alpha value is -5.48. The average molecular weight is 539 g/mol. The van der Waals surface area contributed by atoms with Crippen molar-refractivity contribution in [2.75, 3.05) is 0 Å². The van der Waals surface area contributed by atoms with E-state index in [1.54, 1.807) is 0 Å². The van der Waals surface area contributed by atoms with Crippen LogP contribution in [0.25, 0.3) is 77.6 Å². The highest BCUT2D eigenvalue weighted by atomic mass is 15.1. The van der Waals surface area contributed by atoms with E-state index in [1.165, 1.54) is 33.0 Å². The molecule has 0 N–H and O–H groups in total. The molecule has 0 bridgehead atoms. The number of imidazole rings is 2. The Bertz CT molecular complexity index is 2400. The van der Waals surface area contributed by atoms with E-state index in [2.05, 4.69) is 142 Å². The molecule has 0 fully saturated rings. The van der Waals surface area contributed by atoms with Gasteiger partial charge in [-0.2, -0.15) is 0 Å². The largest absolute Gasteiger partial charge is 0.296 e. The van der Waals surface area contributed by atoms with Gasteiger partial charge in [-0.25, -0.2) is 9.97 Å². The molecule has 0 atom stereocenters. The molecule has 198 valence electrons. The van der Waals surface area contributed by atoms with Gasteiger partial charge in [0.05, 0.1) is 27.6 Å². The molecule has 0 unspecified atom stereocenters. The van der Waals surface area contributed by atoms with Gasteiger partial charge in [0, 0.05) is 22.0 Å². The van der Waals surface area contributed by atoms with Crippen molar-refractivity contribution in [3.8, 4) is 22.5 Å². The van der Waals surface area contributed by atoms with E-state index in [0.29, 0.717) is 0 Å². The highest BCUT2D eigenvalue weighted by Gasteiger charge is 2.17. The van der Waals surface area contributed by atoms with Gasteiger partial charge in [0.1, 0.15) is 11.5 Å². The Labute approximate surface area is 242 Å². The van der Waals surface area contributed by atoms with Crippen LogP contribution in [0.15, 0.2) is 133 Å². The minimum atomic E-state index is 0.987. The monoisotopic (exact) mass is 538 g/mol. The van der Waals surface area contributed by atoms with Gasteiger partial charge in [0.15, 0.2) is 0 Å². The second-order valence-electron chi connectivity index (χ2n) is 11.0. The second kappa shape index (κ2) is 9.02. The van der Waals surface area contributed by atoms with Gasteiger partial charge in [-0.15, -0.1) is 0 Å². The SMILES string of the molecule is C1=CCCC(n2c(-c3ccc(-c4ccc5c6ccccc6c6nc7ccccc7n6c5c4)cc3)nc3ccccc32)=C1. The molecule has 1 aliphatic carbocycles. The molecular formula is C38H26N4. The van der Waals surface area contributed by atoms with Gasteiger partial charge in [-0.05, 0) is 65.8 Å². The first-order chi connectivity index (χ1) is 20.8. The lowest BCUT2D eigenvalue weighted by Gasteiger charge is -2.15. The number of hydrogen-bond acceptors (Lipinski definition) is 2. The number of fused-ring (bicyclic) bond motifs is 9. The standard InChI is InChI=1S/C38H26N4/c1-2-10-28(11-3-1)41-34-16-8-6-14-32(34)39-37(41)26-20-18-25(19-21-26)27-22-23-30-29-12-4-5-13-31(29)38-40-33-15-7-9-17-35(33)42(38)36(30)24-27/h1-2,4-10,12-24H,3,11H2. The Balaban J connectivity index is 1.22. The Morgan fingerprint density at radius 2 is 1.24 bits per heavy atom. The van der Waals surface area contributed by atoms with Crippen LogP contribution in [0.3, 0.4) is 0 Å². The third kappa shape index (κ3) is 3.42. The molecule has 0 amide bonds. The molecular weight excluding hydrogens is 512 g/mol. The number of para-hydroxylation sites is 4. The normalized spacial score (nSPS) is 13.6. The minimum absolute atomic E-state index is 0.987. The second-order valence-corrected chi connectivity index (χ2v) is 11.0. The van der Waals surface area contributed by atoms with Crippen LogP contribution in [0.2, 0.25) is 0 Å². The lowest BCUT2D eigenvalue weighted by molar-refractivity contribution is 0.960. The zero-order valence-electron chi connectivity index (χ0n) is 22.9. The molecule has 9 rings (SSSR count). The van der Waals surface area contributed by atoms with Crippen molar-refractivity contribution >= 4 is 55.1 Å². The summed E-state index contributed by atoms with van der Waals surface area (Å²) < 4.78 is 4.65. The Kier molecular flexibility index (Phi) is 4.99. The number of aromatic nitrogens is 4. The van der Waals surface area contributed by atoms with Gasteiger partial charge in [0.2, 0.25) is 0 Å². The number of allylic oxidation sites excluding steroid dienone is 4. The van der Waals surface area contributed by atoms with Crippen LogP contribution in [0.5, 0.6) is 0 Å². The van der Waals surface area contributed by atoms with Crippen molar-refractivity contribution in [3.05, 3.63) is 133 Å². The molecule has 0 radical (unpaired) electrons. The van der Waals surface area contributed by atoms with E-state index in [9.17, 15) is 0 Å². The van der Waals surface area contributed by atoms with Gasteiger partial charge >= 0.3 is 0 Å². The summed E-state index contributed by atoms with van der Waals surface area (Å²) in [6.45, 7) is 0. The maximum Gasteiger partial charge on any atom is 0.146 e. The van der Waals surface area contributed by atoms with Crippen molar-refractivity contribution in [2.45, 2.75) is 12.8 Å². The third-order valence-electron chi connectivity index (χ3n) is 8.57. The first-order valence-electron chi connectivity index (χ1n) is 14.5. The molecule has 4 nitrogen and oxygen atoms in total. The van der Waals surface area contributed by atoms with Crippen LogP contribution in [-0.2, 0) is 0 Å². The lowest BCUT2D eigenvalue weighted by atomic mass is 9.99. The fourth-order valence-electron chi connectivity index (χ4n) is 6.59. The molecule has 5 aromatic carbocycles. The van der Waals surface area contributed by atoms with Gasteiger partial charge < -0.3 is 0 Å². The van der Waals surface area contributed by atoms with Gasteiger partial charge in [-0.1, -0.05) is 97.1 Å². The quantitative estimate of drug-likeness (QED) is 0.210. The number of benzene rings is 5. The smallest absolute Gasteiger partial charge is 0.146 e. The molecule has 3 heterocycles. The summed E-state index contributed by atoms with van der Waals surface area (Å²) in [6.07, 6.45) is 8.65. The fraction of sp³-hybridized carbons (Fsp3) is 0.0526. The highest BCUT2D eigenvalue weighted by molar-refractivity contribution is 6.14. The van der Waals surface area contributed by atoms with E-state index in [0.717, 1.165) is 57.5 Å². The first-order valence-corrected chi connectivity index (χ1v) is 14.5. The Morgan fingerprint density at radius 3 is 2.05 bits per heavy atom. The van der Waals surface area contributed by atoms with E-state index < -0.39 is 0 Å². The molecule has 42 heavy (non-hydrogen) atoms. The molecule has 0 saturated heterocycles. The van der Waals surface area contributed by atoms with Crippen LogP contribution < -0.4 is 0 Å².